The minimum atomic E-state index is 0. The first-order valence-corrected chi connectivity index (χ1v) is 17.3. The summed E-state index contributed by atoms with van der Waals surface area (Å²) in [7, 11) is 0. The van der Waals surface area contributed by atoms with E-state index in [2.05, 4.69) is 145 Å². The van der Waals surface area contributed by atoms with Crippen molar-refractivity contribution in [3.05, 3.63) is 142 Å². The van der Waals surface area contributed by atoms with Gasteiger partial charge in [-0.25, -0.2) is 0 Å². The quantitative estimate of drug-likeness (QED) is 0.141. The smallest absolute Gasteiger partial charge is 0.0480 e. The standard InChI is InChI=1S/2C21H24N2.2ClH/c2*1-14-11-12-19-18(13-14)17-9-6-10-20(21(17)23-19)22-15(2)16-7-4-3-5-8-16;;/h2*3-5,7-8,11-13,15,20,22-23H,6,9-10H2,1-2H3;2*1H/t15-,20?;15-,20+;;/m01../s1. The molecule has 0 saturated heterocycles. The highest BCUT2D eigenvalue weighted by Gasteiger charge is 2.27. The van der Waals surface area contributed by atoms with E-state index in [1.807, 2.05) is 0 Å². The van der Waals surface area contributed by atoms with Crippen molar-refractivity contribution in [2.75, 3.05) is 0 Å². The van der Waals surface area contributed by atoms with Crippen LogP contribution in [0.25, 0.3) is 21.8 Å². The van der Waals surface area contributed by atoms with Crippen molar-refractivity contribution in [3.63, 3.8) is 0 Å². The molecule has 2 aliphatic carbocycles. The van der Waals surface area contributed by atoms with Crippen LogP contribution in [0.2, 0.25) is 0 Å². The highest BCUT2D eigenvalue weighted by atomic mass is 35.5. The SMILES string of the molecule is Cc1ccc2[nH]c3c(c2c1)CCCC3N[C@@H](C)c1ccccc1.Cc1ccc2[nH]c3c(c2c1)CCC[C@@H]3N[C@H](C)c1ccccc1.Cl.Cl. The lowest BCUT2D eigenvalue weighted by Crippen LogP contribution is -2.27. The largest absolute Gasteiger partial charge is 0.357 e. The monoisotopic (exact) mass is 680 g/mol. The number of hydrogen-bond acceptors (Lipinski definition) is 2. The summed E-state index contributed by atoms with van der Waals surface area (Å²) < 4.78 is 0. The Bertz CT molecular complexity index is 1790. The van der Waals surface area contributed by atoms with E-state index in [1.165, 1.54) is 105 Å². The molecule has 0 bridgehead atoms. The molecule has 1 unspecified atom stereocenters. The molecule has 0 amide bonds. The Morgan fingerprint density at radius 3 is 1.35 bits per heavy atom. The van der Waals surface area contributed by atoms with Crippen molar-refractivity contribution in [1.82, 2.24) is 20.6 Å². The lowest BCUT2D eigenvalue weighted by atomic mass is 9.90. The maximum atomic E-state index is 3.84. The van der Waals surface area contributed by atoms with E-state index in [4.69, 9.17) is 0 Å². The lowest BCUT2D eigenvalue weighted by Gasteiger charge is -2.27. The van der Waals surface area contributed by atoms with Crippen LogP contribution in [0, 0.1) is 13.8 Å². The Balaban J connectivity index is 0.000000180. The van der Waals surface area contributed by atoms with Crippen LogP contribution in [0.1, 0.15) is 108 Å². The number of rotatable bonds is 6. The van der Waals surface area contributed by atoms with Crippen LogP contribution in [0.4, 0.5) is 0 Å². The summed E-state index contributed by atoms with van der Waals surface area (Å²) >= 11 is 0. The fraction of sp³-hybridized carbons (Fsp3) is 0.333. The second kappa shape index (κ2) is 15.8. The number of nitrogens with one attached hydrogen (secondary N) is 4. The van der Waals surface area contributed by atoms with Crippen molar-refractivity contribution in [3.8, 4) is 0 Å². The molecule has 4 N–H and O–H groups in total. The third-order valence-corrected chi connectivity index (χ3v) is 10.2. The number of aryl methyl sites for hydroxylation is 4. The number of aromatic amines is 2. The minimum Gasteiger partial charge on any atom is -0.357 e. The summed E-state index contributed by atoms with van der Waals surface area (Å²) in [4.78, 5) is 7.38. The molecule has 0 fully saturated rings. The Morgan fingerprint density at radius 2 is 0.958 bits per heavy atom. The molecule has 6 aromatic rings. The van der Waals surface area contributed by atoms with Gasteiger partial charge in [-0.1, -0.05) is 83.9 Å². The molecule has 0 aliphatic heterocycles. The van der Waals surface area contributed by atoms with Crippen molar-refractivity contribution < 1.29 is 0 Å². The van der Waals surface area contributed by atoms with Gasteiger partial charge in [0.25, 0.3) is 0 Å². The Labute approximate surface area is 298 Å². The first-order valence-electron chi connectivity index (χ1n) is 17.3. The van der Waals surface area contributed by atoms with Crippen LogP contribution < -0.4 is 10.6 Å². The van der Waals surface area contributed by atoms with E-state index in [-0.39, 0.29) is 24.8 Å². The zero-order valence-electron chi connectivity index (χ0n) is 28.6. The van der Waals surface area contributed by atoms with E-state index in [0.717, 1.165) is 0 Å². The summed E-state index contributed by atoms with van der Waals surface area (Å²) in [6.07, 6.45) is 7.31. The van der Waals surface area contributed by atoms with Crippen molar-refractivity contribution >= 4 is 46.6 Å². The summed E-state index contributed by atoms with van der Waals surface area (Å²) in [6.45, 7) is 8.87. The van der Waals surface area contributed by atoms with Crippen molar-refractivity contribution in [2.24, 2.45) is 0 Å². The number of H-pyrrole nitrogens is 2. The van der Waals surface area contributed by atoms with Gasteiger partial charge < -0.3 is 20.6 Å². The third kappa shape index (κ3) is 7.53. The molecule has 2 heterocycles. The number of benzene rings is 4. The lowest BCUT2D eigenvalue weighted by molar-refractivity contribution is 0.410. The van der Waals surface area contributed by atoms with Crippen LogP contribution >= 0.6 is 24.8 Å². The fourth-order valence-electron chi connectivity index (χ4n) is 7.77. The van der Waals surface area contributed by atoms with Gasteiger partial charge in [0.1, 0.15) is 0 Å². The first kappa shape index (κ1) is 35.8. The van der Waals surface area contributed by atoms with Gasteiger partial charge in [0.05, 0.1) is 0 Å². The second-order valence-corrected chi connectivity index (χ2v) is 13.6. The van der Waals surface area contributed by atoms with Gasteiger partial charge in [-0.05, 0) is 113 Å². The van der Waals surface area contributed by atoms with E-state index >= 15 is 0 Å². The number of hydrogen-bond donors (Lipinski definition) is 4. The van der Waals surface area contributed by atoms with Crippen LogP contribution in [0.15, 0.2) is 97.1 Å². The van der Waals surface area contributed by atoms with Crippen LogP contribution in [0.3, 0.4) is 0 Å². The summed E-state index contributed by atoms with van der Waals surface area (Å²) in [5.74, 6) is 0. The molecule has 0 spiro atoms. The average molecular weight is 682 g/mol. The van der Waals surface area contributed by atoms with E-state index in [9.17, 15) is 0 Å². The summed E-state index contributed by atoms with van der Waals surface area (Å²) in [6, 6.07) is 36.5. The molecule has 4 aromatic carbocycles. The fourth-order valence-corrected chi connectivity index (χ4v) is 7.77. The topological polar surface area (TPSA) is 55.6 Å². The highest BCUT2D eigenvalue weighted by Crippen LogP contribution is 2.37. The zero-order valence-corrected chi connectivity index (χ0v) is 30.2. The van der Waals surface area contributed by atoms with Gasteiger partial charge in [-0.2, -0.15) is 0 Å². The maximum Gasteiger partial charge on any atom is 0.0480 e. The van der Waals surface area contributed by atoms with E-state index in [1.54, 1.807) is 0 Å². The maximum absolute atomic E-state index is 3.84. The first-order chi connectivity index (χ1) is 22.4. The Hall–Kier alpha value is -3.54. The predicted molar refractivity (Wildman–Crippen MR) is 208 cm³/mol. The molecule has 48 heavy (non-hydrogen) atoms. The van der Waals surface area contributed by atoms with Crippen LogP contribution in [-0.2, 0) is 12.8 Å². The molecule has 4 atom stereocenters. The zero-order chi connectivity index (χ0) is 31.6. The molecule has 4 nitrogen and oxygen atoms in total. The summed E-state index contributed by atoms with van der Waals surface area (Å²) in [5, 5.41) is 10.5. The average Bonchev–Trinajstić information content (AvgIpc) is 3.65. The molecule has 2 aromatic heterocycles. The van der Waals surface area contributed by atoms with Gasteiger partial charge >= 0.3 is 0 Å². The molecular weight excluding hydrogens is 631 g/mol. The van der Waals surface area contributed by atoms with Crippen molar-refractivity contribution in [1.29, 1.82) is 0 Å². The molecule has 0 saturated carbocycles. The second-order valence-electron chi connectivity index (χ2n) is 13.6. The van der Waals surface area contributed by atoms with E-state index in [0.29, 0.717) is 24.2 Å². The number of halogens is 2. The predicted octanol–water partition coefficient (Wildman–Crippen LogP) is 11.3. The van der Waals surface area contributed by atoms with E-state index < -0.39 is 0 Å². The van der Waals surface area contributed by atoms with Gasteiger partial charge in [-0.15, -0.1) is 24.8 Å². The Morgan fingerprint density at radius 1 is 0.562 bits per heavy atom. The van der Waals surface area contributed by atoms with Gasteiger partial charge in [0.15, 0.2) is 0 Å². The third-order valence-electron chi connectivity index (χ3n) is 10.2. The molecular formula is C42H50Cl2N4. The van der Waals surface area contributed by atoms with Crippen LogP contribution in [0.5, 0.6) is 0 Å². The molecule has 6 heteroatoms. The van der Waals surface area contributed by atoms with Gasteiger partial charge in [0, 0.05) is 57.4 Å². The minimum absolute atomic E-state index is 0. The van der Waals surface area contributed by atoms with Gasteiger partial charge in [0.2, 0.25) is 0 Å². The summed E-state index contributed by atoms with van der Waals surface area (Å²) in [5.41, 5.74) is 13.8. The molecule has 0 radical (unpaired) electrons. The molecule has 8 rings (SSSR count). The molecule has 2 aliphatic rings. The van der Waals surface area contributed by atoms with Gasteiger partial charge in [-0.3, -0.25) is 0 Å². The number of fused-ring (bicyclic) bond motifs is 6. The normalized spacial score (nSPS) is 18.0. The highest BCUT2D eigenvalue weighted by molar-refractivity contribution is 5.87. The van der Waals surface area contributed by atoms with Crippen molar-refractivity contribution in [2.45, 2.75) is 90.4 Å². The Kier molecular flexibility index (Phi) is 11.8. The number of aromatic nitrogens is 2. The van der Waals surface area contributed by atoms with Crippen LogP contribution in [-0.4, -0.2) is 9.97 Å². The molecule has 252 valence electrons.